The van der Waals surface area contributed by atoms with Crippen LogP contribution in [0, 0.1) is 0 Å². The molecule has 0 radical (unpaired) electrons. The number of rotatable bonds is 0. The molecular formula is C5H12BN. The highest BCUT2D eigenvalue weighted by molar-refractivity contribution is 6.11. The van der Waals surface area contributed by atoms with E-state index in [1.165, 1.54) is 25.8 Å². The van der Waals surface area contributed by atoms with E-state index in [1.807, 2.05) is 0 Å². The Morgan fingerprint density at radius 2 is 2.29 bits per heavy atom. The molecular weight excluding hydrogens is 84.9 g/mol. The number of hydrogen-bond donors (Lipinski definition) is 1. The minimum Gasteiger partial charge on any atom is -0.322 e. The molecule has 0 aromatic rings. The summed E-state index contributed by atoms with van der Waals surface area (Å²) < 4.78 is 0. The topological polar surface area (TPSA) is 12.0 Å². The number of nitrogens with one attached hydrogen (secondary N) is 1. The van der Waals surface area contributed by atoms with Gasteiger partial charge in [0.15, 0.2) is 0 Å². The minimum atomic E-state index is 0.786. The Labute approximate surface area is 45.9 Å². The first-order chi connectivity index (χ1) is 3.39. The van der Waals surface area contributed by atoms with Crippen molar-refractivity contribution < 1.29 is 0 Å². The number of piperidine rings is 1. The fourth-order valence-electron chi connectivity index (χ4n) is 1.03. The van der Waals surface area contributed by atoms with Crippen LogP contribution in [0.4, 0.5) is 0 Å². The molecule has 0 amide bonds. The maximum absolute atomic E-state index is 3.38. The first-order valence-electron chi connectivity index (χ1n) is 3.13. The van der Waals surface area contributed by atoms with Crippen LogP contribution in [0.5, 0.6) is 0 Å². The van der Waals surface area contributed by atoms with Crippen LogP contribution in [0.25, 0.3) is 0 Å². The lowest BCUT2D eigenvalue weighted by atomic mass is 9.89. The van der Waals surface area contributed by atoms with Gasteiger partial charge in [-0.25, -0.2) is 0 Å². The average Bonchev–Trinajstić information content (AvgIpc) is 1.69. The third-order valence-corrected chi connectivity index (χ3v) is 1.56. The van der Waals surface area contributed by atoms with Gasteiger partial charge >= 0.3 is 0 Å². The van der Waals surface area contributed by atoms with Gasteiger partial charge in [-0.1, -0.05) is 6.42 Å². The Morgan fingerprint density at radius 1 is 1.43 bits per heavy atom. The van der Waals surface area contributed by atoms with Crippen molar-refractivity contribution in [2.45, 2.75) is 25.2 Å². The highest BCUT2D eigenvalue weighted by Crippen LogP contribution is 2.02. The van der Waals surface area contributed by atoms with Crippen LogP contribution in [0.2, 0.25) is 0 Å². The molecule has 0 aromatic carbocycles. The van der Waals surface area contributed by atoms with Crippen LogP contribution >= 0.6 is 0 Å². The van der Waals surface area contributed by atoms with Crippen LogP contribution in [-0.2, 0) is 0 Å². The molecule has 1 aliphatic rings. The molecule has 1 fully saturated rings. The van der Waals surface area contributed by atoms with Crippen molar-refractivity contribution in [3.05, 3.63) is 0 Å². The van der Waals surface area contributed by atoms with Gasteiger partial charge in [0.05, 0.1) is 0 Å². The van der Waals surface area contributed by atoms with E-state index in [2.05, 4.69) is 13.2 Å². The van der Waals surface area contributed by atoms with E-state index in [0.717, 1.165) is 5.94 Å². The fourth-order valence-corrected chi connectivity index (χ4v) is 1.03. The Balaban J connectivity index is 2.12. The van der Waals surface area contributed by atoms with E-state index in [0.29, 0.717) is 0 Å². The zero-order chi connectivity index (χ0) is 5.11. The molecule has 7 heavy (non-hydrogen) atoms. The van der Waals surface area contributed by atoms with Crippen LogP contribution in [0.15, 0.2) is 0 Å². The Kier molecular flexibility index (Phi) is 1.74. The van der Waals surface area contributed by atoms with Gasteiger partial charge < -0.3 is 5.32 Å². The summed E-state index contributed by atoms with van der Waals surface area (Å²) in [6, 6.07) is 0. The molecule has 1 N–H and O–H groups in total. The molecule has 0 aromatic heterocycles. The molecule has 0 spiro atoms. The van der Waals surface area contributed by atoms with Gasteiger partial charge in [-0.2, -0.15) is 0 Å². The van der Waals surface area contributed by atoms with Crippen LogP contribution in [-0.4, -0.2) is 20.3 Å². The Morgan fingerprint density at radius 3 is 2.57 bits per heavy atom. The normalized spacial score (nSPS) is 32.9. The van der Waals surface area contributed by atoms with E-state index in [4.69, 9.17) is 0 Å². The second-order valence-corrected chi connectivity index (χ2v) is 2.35. The molecule has 1 heterocycles. The van der Waals surface area contributed by atoms with Crippen molar-refractivity contribution >= 4 is 7.85 Å². The first kappa shape index (κ1) is 5.17. The van der Waals surface area contributed by atoms with Crippen LogP contribution in [0.1, 0.15) is 19.3 Å². The van der Waals surface area contributed by atoms with Gasteiger partial charge in [0.25, 0.3) is 0 Å². The highest BCUT2D eigenvalue weighted by atomic mass is 14.9. The summed E-state index contributed by atoms with van der Waals surface area (Å²) in [7, 11) is 2.25. The SMILES string of the molecule is BC1CCCCN1. The van der Waals surface area contributed by atoms with Crippen molar-refractivity contribution in [1.29, 1.82) is 0 Å². The summed E-state index contributed by atoms with van der Waals surface area (Å²) in [5, 5.41) is 3.38. The minimum absolute atomic E-state index is 0.786. The third-order valence-electron chi connectivity index (χ3n) is 1.56. The largest absolute Gasteiger partial charge is 0.322 e. The average molecular weight is 97.0 g/mol. The second-order valence-electron chi connectivity index (χ2n) is 2.35. The van der Waals surface area contributed by atoms with Gasteiger partial charge in [-0.3, -0.25) is 0 Å². The zero-order valence-electron chi connectivity index (χ0n) is 4.91. The predicted molar refractivity (Wildman–Crippen MR) is 34.2 cm³/mol. The standard InChI is InChI=1S/C5H12BN/c6-5-3-1-2-4-7-5/h5,7H,1-4,6H2. The van der Waals surface area contributed by atoms with E-state index in [-0.39, 0.29) is 0 Å². The summed E-state index contributed by atoms with van der Waals surface area (Å²) in [5.74, 6) is 0.786. The fraction of sp³-hybridized carbons (Fsp3) is 1.00. The Hall–Kier alpha value is 0.0249. The van der Waals surface area contributed by atoms with Gasteiger partial charge in [0, 0.05) is 0 Å². The summed E-state index contributed by atoms with van der Waals surface area (Å²) in [5.41, 5.74) is 0. The number of hydrogen-bond acceptors (Lipinski definition) is 1. The summed E-state index contributed by atoms with van der Waals surface area (Å²) in [6.07, 6.45) is 4.18. The highest BCUT2D eigenvalue weighted by Gasteiger charge is 2.04. The maximum Gasteiger partial charge on any atom is 0.123 e. The molecule has 1 atom stereocenters. The third kappa shape index (κ3) is 1.52. The monoisotopic (exact) mass is 97.1 g/mol. The molecule has 0 bridgehead atoms. The molecule has 1 rings (SSSR count). The van der Waals surface area contributed by atoms with Crippen molar-refractivity contribution in [2.75, 3.05) is 6.54 Å². The lowest BCUT2D eigenvalue weighted by molar-refractivity contribution is 0.485. The van der Waals surface area contributed by atoms with Crippen molar-refractivity contribution in [1.82, 2.24) is 5.32 Å². The second kappa shape index (κ2) is 2.36. The van der Waals surface area contributed by atoms with Gasteiger partial charge in [0.2, 0.25) is 0 Å². The smallest absolute Gasteiger partial charge is 0.123 e. The molecule has 1 unspecified atom stereocenters. The summed E-state index contributed by atoms with van der Waals surface area (Å²) in [4.78, 5) is 0. The lowest BCUT2D eigenvalue weighted by Crippen LogP contribution is -2.33. The van der Waals surface area contributed by atoms with Crippen LogP contribution in [0.3, 0.4) is 0 Å². The molecule has 0 aliphatic carbocycles. The summed E-state index contributed by atoms with van der Waals surface area (Å²) in [6.45, 7) is 1.24. The van der Waals surface area contributed by atoms with E-state index >= 15 is 0 Å². The summed E-state index contributed by atoms with van der Waals surface area (Å²) >= 11 is 0. The van der Waals surface area contributed by atoms with E-state index < -0.39 is 0 Å². The van der Waals surface area contributed by atoms with Crippen molar-refractivity contribution in [3.63, 3.8) is 0 Å². The molecule has 2 heteroatoms. The first-order valence-corrected chi connectivity index (χ1v) is 3.13. The van der Waals surface area contributed by atoms with Gasteiger partial charge in [-0.15, -0.1) is 0 Å². The maximum atomic E-state index is 3.38. The quantitative estimate of drug-likeness (QED) is 0.410. The van der Waals surface area contributed by atoms with E-state index in [9.17, 15) is 0 Å². The van der Waals surface area contributed by atoms with Gasteiger partial charge in [0.1, 0.15) is 7.85 Å². The van der Waals surface area contributed by atoms with E-state index in [1.54, 1.807) is 0 Å². The van der Waals surface area contributed by atoms with Crippen LogP contribution < -0.4 is 5.32 Å². The van der Waals surface area contributed by atoms with Gasteiger partial charge in [-0.05, 0) is 25.3 Å². The molecule has 40 valence electrons. The lowest BCUT2D eigenvalue weighted by Gasteiger charge is -2.18. The molecule has 1 nitrogen and oxygen atoms in total. The molecule has 1 aliphatic heterocycles. The Bertz CT molecular complexity index is 50.0. The predicted octanol–water partition coefficient (Wildman–Crippen LogP) is -0.281. The van der Waals surface area contributed by atoms with Crippen molar-refractivity contribution in [3.8, 4) is 0 Å². The van der Waals surface area contributed by atoms with Crippen molar-refractivity contribution in [2.24, 2.45) is 0 Å². The zero-order valence-corrected chi connectivity index (χ0v) is 4.91. The molecule has 0 saturated carbocycles. The molecule has 1 saturated heterocycles.